The van der Waals surface area contributed by atoms with Gasteiger partial charge >= 0.3 is 0 Å². The van der Waals surface area contributed by atoms with Gasteiger partial charge in [-0.3, -0.25) is 14.6 Å². The molecular weight excluding hydrogens is 412 g/mol. The summed E-state index contributed by atoms with van der Waals surface area (Å²) in [5, 5.41) is 0. The number of Topliss-reactive ketones (excluding diaryl/α,β-unsaturated/α-hetero) is 1. The van der Waals surface area contributed by atoms with E-state index in [1.807, 2.05) is 6.92 Å². The Bertz CT molecular complexity index is 1130. The van der Waals surface area contributed by atoms with Gasteiger partial charge in [0.15, 0.2) is 5.78 Å². The molecular formula is C25H25F2N3O2. The van der Waals surface area contributed by atoms with Gasteiger partial charge in [-0.05, 0) is 55.2 Å². The number of hydrogen-bond donors (Lipinski definition) is 0. The van der Waals surface area contributed by atoms with Crippen LogP contribution < -0.4 is 4.90 Å². The first-order valence-electron chi connectivity index (χ1n) is 10.5. The van der Waals surface area contributed by atoms with E-state index >= 15 is 0 Å². The first-order chi connectivity index (χ1) is 15.3. The number of benzene rings is 1. The number of rotatable bonds is 8. The maximum Gasteiger partial charge on any atom is 0.226 e. The van der Waals surface area contributed by atoms with Gasteiger partial charge in [0.1, 0.15) is 11.5 Å². The lowest BCUT2D eigenvalue weighted by atomic mass is 10.0. The number of hydrogen-bond acceptors (Lipinski definition) is 4. The average molecular weight is 437 g/mol. The summed E-state index contributed by atoms with van der Waals surface area (Å²) >= 11 is 0. The van der Waals surface area contributed by atoms with Crippen LogP contribution in [0.2, 0.25) is 0 Å². The molecule has 0 saturated heterocycles. The first kappa shape index (κ1) is 23.2. The summed E-state index contributed by atoms with van der Waals surface area (Å²) < 4.78 is 27.7. The van der Waals surface area contributed by atoms with Crippen LogP contribution in [0.1, 0.15) is 47.9 Å². The quantitative estimate of drug-likeness (QED) is 0.354. The van der Waals surface area contributed by atoms with Crippen LogP contribution in [-0.4, -0.2) is 28.7 Å². The molecule has 0 fully saturated rings. The molecule has 0 unspecified atom stereocenters. The highest BCUT2D eigenvalue weighted by atomic mass is 19.1. The molecule has 0 aliphatic heterocycles. The summed E-state index contributed by atoms with van der Waals surface area (Å²) in [5.74, 6) is -1.33. The van der Waals surface area contributed by atoms with Crippen LogP contribution in [0, 0.1) is 18.7 Å². The van der Waals surface area contributed by atoms with E-state index in [9.17, 15) is 18.4 Å². The van der Waals surface area contributed by atoms with Crippen LogP contribution in [-0.2, 0) is 11.2 Å². The minimum absolute atomic E-state index is 0.141. The van der Waals surface area contributed by atoms with Crippen molar-refractivity contribution < 1.29 is 18.4 Å². The Morgan fingerprint density at radius 3 is 2.38 bits per heavy atom. The predicted octanol–water partition coefficient (Wildman–Crippen LogP) is 5.31. The molecule has 0 atom stereocenters. The topological polar surface area (TPSA) is 63.2 Å². The number of nitrogens with zero attached hydrogens (tertiary/aromatic N) is 3. The van der Waals surface area contributed by atoms with Crippen LogP contribution in [0.3, 0.4) is 0 Å². The van der Waals surface area contributed by atoms with Gasteiger partial charge in [0.05, 0.1) is 5.69 Å². The van der Waals surface area contributed by atoms with Crippen molar-refractivity contribution in [2.24, 2.45) is 0 Å². The van der Waals surface area contributed by atoms with Gasteiger partial charge in [-0.2, -0.15) is 4.39 Å². The Balaban J connectivity index is 1.69. The number of aromatic nitrogens is 2. The maximum absolute atomic E-state index is 14.6. The standard InChI is InChI=1S/C25H25F2N3O2/c1-4-5-25(32)30(3)22-11-7-18(14-20(22)26)19-6-10-21(28-15-19)23(31)12-8-17-9-13-24(27)29-16(17)2/h6-7,9-11,13-15H,4-5,8,12H2,1-3H3. The van der Waals surface area contributed by atoms with Gasteiger partial charge in [0, 0.05) is 37.3 Å². The normalized spacial score (nSPS) is 10.8. The molecule has 1 aromatic carbocycles. The fourth-order valence-electron chi connectivity index (χ4n) is 3.40. The van der Waals surface area contributed by atoms with Crippen LogP contribution >= 0.6 is 0 Å². The molecule has 0 N–H and O–H groups in total. The molecule has 7 heteroatoms. The highest BCUT2D eigenvalue weighted by Crippen LogP contribution is 2.26. The summed E-state index contributed by atoms with van der Waals surface area (Å²) in [6, 6.07) is 10.9. The predicted molar refractivity (Wildman–Crippen MR) is 120 cm³/mol. The van der Waals surface area contributed by atoms with Crippen molar-refractivity contribution in [2.75, 3.05) is 11.9 Å². The Morgan fingerprint density at radius 2 is 1.75 bits per heavy atom. The fourth-order valence-corrected chi connectivity index (χ4v) is 3.40. The molecule has 1 amide bonds. The van der Waals surface area contributed by atoms with Gasteiger partial charge in [0.25, 0.3) is 0 Å². The lowest BCUT2D eigenvalue weighted by Gasteiger charge is -2.18. The zero-order valence-electron chi connectivity index (χ0n) is 18.4. The van der Waals surface area contributed by atoms with Crippen molar-refractivity contribution in [3.8, 4) is 11.1 Å². The van der Waals surface area contributed by atoms with Crippen LogP contribution in [0.15, 0.2) is 48.7 Å². The molecule has 0 bridgehead atoms. The van der Waals surface area contributed by atoms with Gasteiger partial charge < -0.3 is 4.90 Å². The smallest absolute Gasteiger partial charge is 0.226 e. The largest absolute Gasteiger partial charge is 0.313 e. The number of halogens is 2. The molecule has 0 aliphatic rings. The minimum atomic E-state index is -0.543. The molecule has 0 saturated carbocycles. The third-order valence-corrected chi connectivity index (χ3v) is 5.31. The van der Waals surface area contributed by atoms with E-state index in [4.69, 9.17) is 0 Å². The van der Waals surface area contributed by atoms with Gasteiger partial charge in [-0.25, -0.2) is 9.37 Å². The van der Waals surface area contributed by atoms with Crippen LogP contribution in [0.25, 0.3) is 11.1 Å². The zero-order chi connectivity index (χ0) is 23.3. The molecule has 166 valence electrons. The number of amides is 1. The maximum atomic E-state index is 14.6. The second kappa shape index (κ2) is 10.2. The van der Waals surface area contributed by atoms with Crippen LogP contribution in [0.4, 0.5) is 14.5 Å². The lowest BCUT2D eigenvalue weighted by Crippen LogP contribution is -2.26. The van der Waals surface area contributed by atoms with Gasteiger partial charge in [-0.1, -0.05) is 25.1 Å². The summed E-state index contributed by atoms with van der Waals surface area (Å²) in [6.45, 7) is 3.60. The summed E-state index contributed by atoms with van der Waals surface area (Å²) in [5.41, 5.74) is 3.17. The third kappa shape index (κ3) is 5.41. The third-order valence-electron chi connectivity index (χ3n) is 5.31. The Labute approximate surface area is 186 Å². The van der Waals surface area contributed by atoms with E-state index in [0.29, 0.717) is 41.8 Å². The SMILES string of the molecule is CCCC(=O)N(C)c1ccc(-c2ccc(C(=O)CCc3ccc(F)nc3C)nc2)cc1F. The lowest BCUT2D eigenvalue weighted by molar-refractivity contribution is -0.118. The molecule has 3 rings (SSSR count). The summed E-state index contributed by atoms with van der Waals surface area (Å²) in [6.07, 6.45) is 3.24. The number of carbonyl (C=O) groups is 2. The number of ketones is 1. The Kier molecular flexibility index (Phi) is 7.41. The second-order valence-electron chi connectivity index (χ2n) is 7.60. The number of anilines is 1. The van der Waals surface area contributed by atoms with E-state index in [2.05, 4.69) is 9.97 Å². The van der Waals surface area contributed by atoms with Crippen LogP contribution in [0.5, 0.6) is 0 Å². The number of aryl methyl sites for hydroxylation is 2. The molecule has 2 aromatic heterocycles. The molecule has 2 heterocycles. The molecule has 0 spiro atoms. The number of carbonyl (C=O) groups excluding carboxylic acids is 2. The van der Waals surface area contributed by atoms with Crippen molar-refractivity contribution >= 4 is 17.4 Å². The summed E-state index contributed by atoms with van der Waals surface area (Å²) in [4.78, 5) is 33.8. The van der Waals surface area contributed by atoms with Gasteiger partial charge in [-0.15, -0.1) is 0 Å². The zero-order valence-corrected chi connectivity index (χ0v) is 18.4. The second-order valence-corrected chi connectivity index (χ2v) is 7.60. The van der Waals surface area contributed by atoms with Gasteiger partial charge in [0.2, 0.25) is 11.9 Å². The first-order valence-corrected chi connectivity index (χ1v) is 10.5. The van der Waals surface area contributed by atoms with Crippen molar-refractivity contribution in [3.05, 3.63) is 77.4 Å². The van der Waals surface area contributed by atoms with E-state index in [1.165, 1.54) is 23.2 Å². The van der Waals surface area contributed by atoms with E-state index in [1.54, 1.807) is 44.3 Å². The fraction of sp³-hybridized carbons (Fsp3) is 0.280. The highest BCUT2D eigenvalue weighted by Gasteiger charge is 2.15. The minimum Gasteiger partial charge on any atom is -0.313 e. The van der Waals surface area contributed by atoms with Crippen molar-refractivity contribution in [1.82, 2.24) is 9.97 Å². The van der Waals surface area contributed by atoms with Crippen molar-refractivity contribution in [2.45, 2.75) is 39.5 Å². The van der Waals surface area contributed by atoms with E-state index < -0.39 is 11.8 Å². The molecule has 3 aromatic rings. The van der Waals surface area contributed by atoms with Crippen molar-refractivity contribution in [1.29, 1.82) is 0 Å². The van der Waals surface area contributed by atoms with Crippen molar-refractivity contribution in [3.63, 3.8) is 0 Å². The highest BCUT2D eigenvalue weighted by molar-refractivity contribution is 5.95. The Hall–Kier alpha value is -3.48. The van der Waals surface area contributed by atoms with E-state index in [0.717, 1.165) is 5.56 Å². The summed E-state index contributed by atoms with van der Waals surface area (Å²) in [7, 11) is 1.56. The molecule has 5 nitrogen and oxygen atoms in total. The molecule has 0 aliphatic carbocycles. The number of pyridine rings is 2. The average Bonchev–Trinajstić information content (AvgIpc) is 2.78. The molecule has 32 heavy (non-hydrogen) atoms. The molecule has 0 radical (unpaired) electrons. The Morgan fingerprint density at radius 1 is 1.00 bits per heavy atom. The monoisotopic (exact) mass is 437 g/mol. The van der Waals surface area contributed by atoms with E-state index in [-0.39, 0.29) is 23.8 Å².